The van der Waals surface area contributed by atoms with E-state index in [4.69, 9.17) is 10.5 Å². The number of benzene rings is 2. The molecule has 2 N–H and O–H groups in total. The minimum absolute atomic E-state index is 0.181. The molecule has 5 heteroatoms. The van der Waals surface area contributed by atoms with Crippen molar-refractivity contribution in [2.45, 2.75) is 24.3 Å². The number of nitrogens with two attached hydrogens (primary N) is 1. The topological polar surface area (TPSA) is 52.3 Å². The molecule has 1 aliphatic rings. The number of hydrogen-bond donors (Lipinski definition) is 1. The third-order valence-corrected chi connectivity index (χ3v) is 5.17. The molecule has 2 aromatic carbocycles. The molecule has 2 atom stereocenters. The van der Waals surface area contributed by atoms with Crippen molar-refractivity contribution in [2.24, 2.45) is 0 Å². The molecule has 0 aliphatic carbocycles. The van der Waals surface area contributed by atoms with E-state index in [2.05, 4.69) is 0 Å². The molecule has 2 unspecified atom stereocenters. The number of rotatable bonds is 3. The van der Waals surface area contributed by atoms with Gasteiger partial charge in [-0.25, -0.2) is 4.39 Å². The van der Waals surface area contributed by atoms with Crippen LogP contribution < -0.4 is 10.5 Å². The number of anilines is 1. The summed E-state index contributed by atoms with van der Waals surface area (Å²) in [6.07, 6.45) is 0.409. The van der Waals surface area contributed by atoms with Crippen molar-refractivity contribution in [1.82, 2.24) is 0 Å². The summed E-state index contributed by atoms with van der Waals surface area (Å²) in [5.41, 5.74) is 8.12. The largest absolute Gasteiger partial charge is 0.489 e. The van der Waals surface area contributed by atoms with Crippen LogP contribution in [0.15, 0.2) is 41.3 Å². The van der Waals surface area contributed by atoms with Crippen LogP contribution in [0.3, 0.4) is 0 Å². The van der Waals surface area contributed by atoms with E-state index in [-0.39, 0.29) is 11.9 Å². The molecule has 0 spiro atoms. The number of ether oxygens (including phenoxy) is 1. The Labute approximate surface area is 125 Å². The lowest BCUT2D eigenvalue weighted by Gasteiger charge is -2.12. The van der Waals surface area contributed by atoms with E-state index < -0.39 is 10.8 Å². The van der Waals surface area contributed by atoms with Crippen LogP contribution in [-0.4, -0.2) is 16.1 Å². The Morgan fingerprint density at radius 3 is 2.90 bits per heavy atom. The quantitative estimate of drug-likeness (QED) is 0.887. The van der Waals surface area contributed by atoms with Crippen LogP contribution in [0.2, 0.25) is 0 Å². The molecule has 0 saturated heterocycles. The van der Waals surface area contributed by atoms with Gasteiger partial charge in [0.25, 0.3) is 0 Å². The van der Waals surface area contributed by atoms with Crippen LogP contribution in [-0.2, 0) is 17.2 Å². The summed E-state index contributed by atoms with van der Waals surface area (Å²) in [5.74, 6) is 0.807. The molecule has 0 bridgehead atoms. The Bertz CT molecular complexity index is 717. The zero-order chi connectivity index (χ0) is 15.0. The highest BCUT2D eigenvalue weighted by Crippen LogP contribution is 2.30. The minimum Gasteiger partial charge on any atom is -0.489 e. The van der Waals surface area contributed by atoms with Crippen molar-refractivity contribution in [3.8, 4) is 5.75 Å². The zero-order valence-electron chi connectivity index (χ0n) is 11.6. The van der Waals surface area contributed by atoms with Crippen molar-refractivity contribution in [1.29, 1.82) is 0 Å². The van der Waals surface area contributed by atoms with Gasteiger partial charge in [-0.05, 0) is 48.9 Å². The Kier molecular flexibility index (Phi) is 3.68. The highest BCUT2D eigenvalue weighted by Gasteiger charge is 2.25. The average Bonchev–Trinajstić information content (AvgIpc) is 2.79. The van der Waals surface area contributed by atoms with Gasteiger partial charge < -0.3 is 10.5 Å². The van der Waals surface area contributed by atoms with E-state index in [0.29, 0.717) is 23.6 Å². The molecule has 1 aliphatic heterocycles. The third-order valence-electron chi connectivity index (χ3n) is 3.55. The smallest absolute Gasteiger partial charge is 0.123 e. The third kappa shape index (κ3) is 2.93. The van der Waals surface area contributed by atoms with Gasteiger partial charge in [-0.3, -0.25) is 4.21 Å². The van der Waals surface area contributed by atoms with Crippen molar-refractivity contribution in [2.75, 3.05) is 11.5 Å². The van der Waals surface area contributed by atoms with E-state index in [1.54, 1.807) is 18.2 Å². The highest BCUT2D eigenvalue weighted by atomic mass is 32.2. The molecule has 0 radical (unpaired) electrons. The molecule has 1 heterocycles. The molecule has 0 aromatic heterocycles. The summed E-state index contributed by atoms with van der Waals surface area (Å²) < 4.78 is 31.4. The van der Waals surface area contributed by atoms with Gasteiger partial charge in [0.15, 0.2) is 0 Å². The van der Waals surface area contributed by atoms with Gasteiger partial charge in [-0.2, -0.15) is 0 Å². The van der Waals surface area contributed by atoms with E-state index >= 15 is 0 Å². The monoisotopic (exact) mass is 305 g/mol. The van der Waals surface area contributed by atoms with Gasteiger partial charge in [-0.1, -0.05) is 0 Å². The summed E-state index contributed by atoms with van der Waals surface area (Å²) in [7, 11) is -1.16. The number of aryl methyl sites for hydroxylation is 1. The summed E-state index contributed by atoms with van der Waals surface area (Å²) >= 11 is 0. The van der Waals surface area contributed by atoms with Crippen LogP contribution in [0.25, 0.3) is 0 Å². The summed E-state index contributed by atoms with van der Waals surface area (Å²) in [6.45, 7) is 1.89. The van der Waals surface area contributed by atoms with E-state index in [0.717, 1.165) is 16.0 Å². The fourth-order valence-electron chi connectivity index (χ4n) is 2.57. The summed E-state index contributed by atoms with van der Waals surface area (Å²) in [6, 6.07) is 9.84. The molecular formula is C16H16FNO2S. The van der Waals surface area contributed by atoms with Gasteiger partial charge in [0.05, 0.1) is 16.6 Å². The Morgan fingerprint density at radius 2 is 2.14 bits per heavy atom. The standard InChI is InChI=1S/C16H16FNO2S/c1-10-6-13(18)3-5-16(10)21(19)9-14-8-11-7-12(17)2-4-15(11)20-14/h2-7,14H,8-9,18H2,1H3. The molecule has 110 valence electrons. The van der Waals surface area contributed by atoms with Gasteiger partial charge in [0, 0.05) is 22.6 Å². The van der Waals surface area contributed by atoms with E-state index in [1.807, 2.05) is 13.0 Å². The van der Waals surface area contributed by atoms with Gasteiger partial charge in [0.1, 0.15) is 17.7 Å². The lowest BCUT2D eigenvalue weighted by molar-refractivity contribution is 0.258. The molecule has 0 saturated carbocycles. The van der Waals surface area contributed by atoms with Gasteiger partial charge in [0.2, 0.25) is 0 Å². The molecule has 21 heavy (non-hydrogen) atoms. The fraction of sp³-hybridized carbons (Fsp3) is 0.250. The number of halogens is 1. The van der Waals surface area contributed by atoms with Crippen molar-refractivity contribution >= 4 is 16.5 Å². The predicted octanol–water partition coefficient (Wildman–Crippen LogP) is 2.83. The first kappa shape index (κ1) is 14.1. The van der Waals surface area contributed by atoms with Crippen molar-refractivity contribution in [3.63, 3.8) is 0 Å². The second kappa shape index (κ2) is 5.48. The number of fused-ring (bicyclic) bond motifs is 1. The van der Waals surface area contributed by atoms with Crippen LogP contribution >= 0.6 is 0 Å². The van der Waals surface area contributed by atoms with Crippen LogP contribution in [0.5, 0.6) is 5.75 Å². The van der Waals surface area contributed by atoms with Gasteiger partial charge in [-0.15, -0.1) is 0 Å². The van der Waals surface area contributed by atoms with Crippen LogP contribution in [0.1, 0.15) is 11.1 Å². The maximum Gasteiger partial charge on any atom is 0.123 e. The first-order valence-corrected chi connectivity index (χ1v) is 8.04. The van der Waals surface area contributed by atoms with Crippen molar-refractivity contribution in [3.05, 3.63) is 53.3 Å². The normalized spacial score (nSPS) is 18.1. The van der Waals surface area contributed by atoms with E-state index in [1.165, 1.54) is 12.1 Å². The van der Waals surface area contributed by atoms with Crippen molar-refractivity contribution < 1.29 is 13.3 Å². The van der Waals surface area contributed by atoms with Crippen LogP contribution in [0, 0.1) is 12.7 Å². The van der Waals surface area contributed by atoms with Gasteiger partial charge >= 0.3 is 0 Å². The SMILES string of the molecule is Cc1cc(N)ccc1S(=O)CC1Cc2cc(F)ccc2O1. The molecular weight excluding hydrogens is 289 g/mol. The Morgan fingerprint density at radius 1 is 1.33 bits per heavy atom. The molecule has 2 aromatic rings. The van der Waals surface area contributed by atoms with Crippen LogP contribution in [0.4, 0.5) is 10.1 Å². The fourth-order valence-corrected chi connectivity index (χ4v) is 3.91. The average molecular weight is 305 g/mol. The minimum atomic E-state index is -1.16. The molecule has 3 rings (SSSR count). The molecule has 0 amide bonds. The number of hydrogen-bond acceptors (Lipinski definition) is 3. The molecule has 3 nitrogen and oxygen atoms in total. The Hall–Kier alpha value is -1.88. The second-order valence-electron chi connectivity index (χ2n) is 5.23. The van der Waals surface area contributed by atoms with E-state index in [9.17, 15) is 8.60 Å². The summed E-state index contributed by atoms with van der Waals surface area (Å²) in [4.78, 5) is 0.773. The Balaban J connectivity index is 1.72. The lowest BCUT2D eigenvalue weighted by Crippen LogP contribution is -2.22. The number of nitrogen functional groups attached to an aromatic ring is 1. The zero-order valence-corrected chi connectivity index (χ0v) is 12.5. The second-order valence-corrected chi connectivity index (χ2v) is 6.70. The first-order valence-electron chi connectivity index (χ1n) is 6.72. The predicted molar refractivity (Wildman–Crippen MR) is 81.4 cm³/mol. The molecule has 0 fully saturated rings. The highest BCUT2D eigenvalue weighted by molar-refractivity contribution is 7.85. The lowest BCUT2D eigenvalue weighted by atomic mass is 10.1. The summed E-state index contributed by atoms with van der Waals surface area (Å²) in [5, 5.41) is 0. The maximum absolute atomic E-state index is 13.2. The first-order chi connectivity index (χ1) is 10.0. The maximum atomic E-state index is 13.2.